The number of nitrogens with one attached hydrogen (secondary N) is 1. The fourth-order valence-electron chi connectivity index (χ4n) is 4.17. The number of carbonyl (C=O) groups is 1. The molecule has 1 unspecified atom stereocenters. The Balaban J connectivity index is 1.48. The first-order valence-electron chi connectivity index (χ1n) is 11.4. The number of nitriles is 1. The van der Waals surface area contributed by atoms with Crippen LogP contribution < -0.4 is 10.2 Å². The summed E-state index contributed by atoms with van der Waals surface area (Å²) >= 11 is 0. The van der Waals surface area contributed by atoms with Crippen molar-refractivity contribution in [2.45, 2.75) is 26.3 Å². The first-order chi connectivity index (χ1) is 16.1. The molecule has 1 fully saturated rings. The van der Waals surface area contributed by atoms with Crippen molar-refractivity contribution in [3.63, 3.8) is 0 Å². The number of aromatic nitrogens is 1. The first kappa shape index (κ1) is 22.6. The molecule has 0 spiro atoms. The molecular formula is C26H29N5O2. The number of hydrogen-bond donors (Lipinski definition) is 1. The van der Waals surface area contributed by atoms with E-state index in [2.05, 4.69) is 38.3 Å². The number of hydrogen-bond acceptors (Lipinski definition) is 6. The van der Waals surface area contributed by atoms with Crippen LogP contribution in [0.15, 0.2) is 65.4 Å². The number of benzene rings is 2. The highest BCUT2D eigenvalue weighted by Gasteiger charge is 2.30. The SMILES string of the molecule is CC[C@@H](C)C(=O)Nc1ccc(N2CCN(C(c3ccccc3)c3ncco3)CC2)c(C#N)c1. The molecule has 1 saturated heterocycles. The van der Waals surface area contributed by atoms with Crippen LogP contribution in [0.3, 0.4) is 0 Å². The maximum absolute atomic E-state index is 12.2. The number of piperazine rings is 1. The normalized spacial score (nSPS) is 16.1. The van der Waals surface area contributed by atoms with Gasteiger partial charge in [-0.25, -0.2) is 4.98 Å². The van der Waals surface area contributed by atoms with Gasteiger partial charge in [0.25, 0.3) is 0 Å². The van der Waals surface area contributed by atoms with E-state index in [0.717, 1.165) is 43.9 Å². The summed E-state index contributed by atoms with van der Waals surface area (Å²) in [4.78, 5) is 21.2. The maximum atomic E-state index is 12.2. The molecule has 4 rings (SSSR count). The van der Waals surface area contributed by atoms with Gasteiger partial charge in [0, 0.05) is 37.8 Å². The van der Waals surface area contributed by atoms with Crippen LogP contribution in [0, 0.1) is 17.2 Å². The van der Waals surface area contributed by atoms with Gasteiger partial charge in [-0.1, -0.05) is 44.2 Å². The van der Waals surface area contributed by atoms with Gasteiger partial charge in [-0.05, 0) is 30.2 Å². The fourth-order valence-corrected chi connectivity index (χ4v) is 4.17. The standard InChI is InChI=1S/C26H29N5O2/c1-3-19(2)25(32)29-22-9-10-23(21(17-22)18-27)30-12-14-31(15-13-30)24(26-28-11-16-33-26)20-7-5-4-6-8-20/h4-11,16-17,19,24H,3,12-15H2,1-2H3,(H,29,32)/t19-,24?/m1/s1. The molecule has 1 N–H and O–H groups in total. The van der Waals surface area contributed by atoms with Gasteiger partial charge in [-0.2, -0.15) is 5.26 Å². The average Bonchev–Trinajstić information content (AvgIpc) is 3.39. The van der Waals surface area contributed by atoms with Gasteiger partial charge in [-0.15, -0.1) is 0 Å². The van der Waals surface area contributed by atoms with Gasteiger partial charge in [-0.3, -0.25) is 9.69 Å². The Kier molecular flexibility index (Phi) is 7.06. The molecule has 1 aliphatic rings. The van der Waals surface area contributed by atoms with E-state index in [-0.39, 0.29) is 17.9 Å². The van der Waals surface area contributed by atoms with E-state index in [9.17, 15) is 10.1 Å². The molecule has 7 nitrogen and oxygen atoms in total. The number of carbonyl (C=O) groups excluding carboxylic acids is 1. The first-order valence-corrected chi connectivity index (χ1v) is 11.4. The molecule has 1 aliphatic heterocycles. The van der Waals surface area contributed by atoms with Gasteiger partial charge >= 0.3 is 0 Å². The van der Waals surface area contributed by atoms with Crippen molar-refractivity contribution >= 4 is 17.3 Å². The molecule has 0 radical (unpaired) electrons. The van der Waals surface area contributed by atoms with Crippen molar-refractivity contribution in [3.8, 4) is 6.07 Å². The van der Waals surface area contributed by atoms with Gasteiger partial charge in [0.05, 0.1) is 17.4 Å². The molecular weight excluding hydrogens is 414 g/mol. The molecule has 33 heavy (non-hydrogen) atoms. The second-order valence-corrected chi connectivity index (χ2v) is 8.35. The Morgan fingerprint density at radius 2 is 1.94 bits per heavy atom. The van der Waals surface area contributed by atoms with Crippen LogP contribution >= 0.6 is 0 Å². The minimum Gasteiger partial charge on any atom is -0.447 e. The fraction of sp³-hybridized carbons (Fsp3) is 0.346. The van der Waals surface area contributed by atoms with Crippen LogP contribution in [0.25, 0.3) is 0 Å². The number of rotatable bonds is 7. The maximum Gasteiger partial charge on any atom is 0.227 e. The topological polar surface area (TPSA) is 85.4 Å². The summed E-state index contributed by atoms with van der Waals surface area (Å²) < 4.78 is 5.68. The van der Waals surface area contributed by atoms with Gasteiger partial charge in [0.15, 0.2) is 0 Å². The summed E-state index contributed by atoms with van der Waals surface area (Å²) in [6.45, 7) is 7.04. The number of anilines is 2. The molecule has 2 heterocycles. The van der Waals surface area contributed by atoms with E-state index in [1.165, 1.54) is 0 Å². The monoisotopic (exact) mass is 443 g/mol. The highest BCUT2D eigenvalue weighted by molar-refractivity contribution is 5.92. The number of amides is 1. The van der Waals surface area contributed by atoms with Crippen LogP contribution in [0.2, 0.25) is 0 Å². The molecule has 0 aliphatic carbocycles. The zero-order chi connectivity index (χ0) is 23.2. The van der Waals surface area contributed by atoms with Crippen molar-refractivity contribution in [3.05, 3.63) is 78.0 Å². The van der Waals surface area contributed by atoms with E-state index in [1.807, 2.05) is 44.2 Å². The Morgan fingerprint density at radius 3 is 2.58 bits per heavy atom. The van der Waals surface area contributed by atoms with Crippen molar-refractivity contribution in [2.75, 3.05) is 36.4 Å². The quantitative estimate of drug-likeness (QED) is 0.581. The average molecular weight is 444 g/mol. The lowest BCUT2D eigenvalue weighted by Gasteiger charge is -2.39. The summed E-state index contributed by atoms with van der Waals surface area (Å²) in [5.41, 5.74) is 3.27. The predicted molar refractivity (Wildman–Crippen MR) is 128 cm³/mol. The number of oxazole rings is 1. The Labute approximate surface area is 194 Å². The molecule has 7 heteroatoms. The van der Waals surface area contributed by atoms with Gasteiger partial charge in [0.2, 0.25) is 11.8 Å². The van der Waals surface area contributed by atoms with E-state index in [0.29, 0.717) is 17.1 Å². The number of nitrogens with zero attached hydrogens (tertiary/aromatic N) is 4. The molecule has 3 aromatic rings. The lowest BCUT2D eigenvalue weighted by atomic mass is 10.0. The van der Waals surface area contributed by atoms with Crippen LogP contribution in [-0.4, -0.2) is 42.0 Å². The Morgan fingerprint density at radius 1 is 1.18 bits per heavy atom. The molecule has 2 atom stereocenters. The summed E-state index contributed by atoms with van der Waals surface area (Å²) in [7, 11) is 0. The minimum atomic E-state index is -0.0653. The molecule has 0 bridgehead atoms. The smallest absolute Gasteiger partial charge is 0.227 e. The van der Waals surface area contributed by atoms with Crippen molar-refractivity contribution in [2.24, 2.45) is 5.92 Å². The molecule has 170 valence electrons. The van der Waals surface area contributed by atoms with E-state index in [1.54, 1.807) is 18.5 Å². The Hall–Kier alpha value is -3.63. The molecule has 1 amide bonds. The van der Waals surface area contributed by atoms with Crippen molar-refractivity contribution in [1.29, 1.82) is 5.26 Å². The largest absolute Gasteiger partial charge is 0.447 e. The zero-order valence-electron chi connectivity index (χ0n) is 19.1. The van der Waals surface area contributed by atoms with Crippen molar-refractivity contribution in [1.82, 2.24) is 9.88 Å². The van der Waals surface area contributed by atoms with E-state index < -0.39 is 0 Å². The lowest BCUT2D eigenvalue weighted by molar-refractivity contribution is -0.119. The third kappa shape index (κ3) is 5.07. The summed E-state index contributed by atoms with van der Waals surface area (Å²) in [5, 5.41) is 12.7. The van der Waals surface area contributed by atoms with E-state index in [4.69, 9.17) is 4.42 Å². The summed E-state index contributed by atoms with van der Waals surface area (Å²) in [6.07, 6.45) is 4.07. The zero-order valence-corrected chi connectivity index (χ0v) is 19.1. The predicted octanol–water partition coefficient (Wildman–Crippen LogP) is 4.44. The highest BCUT2D eigenvalue weighted by Crippen LogP contribution is 2.31. The third-order valence-electron chi connectivity index (χ3n) is 6.27. The summed E-state index contributed by atoms with van der Waals surface area (Å²) in [5.74, 6) is 0.597. The molecule has 2 aromatic carbocycles. The third-order valence-corrected chi connectivity index (χ3v) is 6.27. The minimum absolute atomic E-state index is 0.0266. The van der Waals surface area contributed by atoms with Crippen LogP contribution in [0.4, 0.5) is 11.4 Å². The second kappa shape index (κ2) is 10.3. The van der Waals surface area contributed by atoms with Gasteiger partial charge in [0.1, 0.15) is 18.4 Å². The van der Waals surface area contributed by atoms with Crippen LogP contribution in [0.5, 0.6) is 0 Å². The Bertz CT molecular complexity index is 1100. The van der Waals surface area contributed by atoms with Crippen LogP contribution in [0.1, 0.15) is 43.3 Å². The van der Waals surface area contributed by atoms with Crippen LogP contribution in [-0.2, 0) is 4.79 Å². The second-order valence-electron chi connectivity index (χ2n) is 8.35. The van der Waals surface area contributed by atoms with Gasteiger partial charge < -0.3 is 14.6 Å². The molecule has 0 saturated carbocycles. The lowest BCUT2D eigenvalue weighted by Crippen LogP contribution is -2.48. The highest BCUT2D eigenvalue weighted by atomic mass is 16.3. The van der Waals surface area contributed by atoms with E-state index >= 15 is 0 Å². The van der Waals surface area contributed by atoms with Crippen molar-refractivity contribution < 1.29 is 9.21 Å². The summed E-state index contributed by atoms with van der Waals surface area (Å²) in [6, 6.07) is 18.1. The molecule has 1 aromatic heterocycles.